The molecular weight excluding hydrogens is 460 g/mol. The lowest BCUT2D eigenvalue weighted by Gasteiger charge is -2.34. The summed E-state index contributed by atoms with van der Waals surface area (Å²) in [4.78, 5) is 25.1. The van der Waals surface area contributed by atoms with Gasteiger partial charge in [-0.2, -0.15) is 0 Å². The number of benzene rings is 2. The molecule has 0 fully saturated rings. The maximum atomic E-state index is 12.6. The van der Waals surface area contributed by atoms with Crippen molar-refractivity contribution in [3.63, 3.8) is 0 Å². The normalized spacial score (nSPS) is 15.2. The predicted octanol–water partition coefficient (Wildman–Crippen LogP) is 3.98. The molecule has 0 heterocycles. The molecule has 0 saturated heterocycles. The molecule has 36 heavy (non-hydrogen) atoms. The number of hydrogen-bond donors (Lipinski definition) is 4. The predicted molar refractivity (Wildman–Crippen MR) is 139 cm³/mol. The van der Waals surface area contributed by atoms with Crippen molar-refractivity contribution in [3.8, 4) is 0 Å². The number of amides is 2. The van der Waals surface area contributed by atoms with E-state index in [4.69, 9.17) is 9.47 Å². The molecule has 0 saturated carbocycles. The van der Waals surface area contributed by atoms with Gasteiger partial charge in [-0.15, -0.1) is 0 Å². The van der Waals surface area contributed by atoms with E-state index >= 15 is 0 Å². The van der Waals surface area contributed by atoms with E-state index in [1.807, 2.05) is 60.7 Å². The Hall–Kier alpha value is -3.10. The molecule has 0 radical (unpaired) electrons. The van der Waals surface area contributed by atoms with Crippen molar-refractivity contribution in [1.29, 1.82) is 0 Å². The molecule has 2 rings (SSSR count). The molecule has 0 aliphatic rings. The van der Waals surface area contributed by atoms with Crippen LogP contribution in [0.2, 0.25) is 0 Å². The zero-order valence-electron chi connectivity index (χ0n) is 22.0. The summed E-state index contributed by atoms with van der Waals surface area (Å²) in [5.74, 6) is 0. The summed E-state index contributed by atoms with van der Waals surface area (Å²) in [5, 5.41) is 27.9. The molecular formula is C28H40N2O6. The number of rotatable bonds is 9. The number of alkyl carbamates (subject to hydrolysis) is 2. The van der Waals surface area contributed by atoms with Gasteiger partial charge in [0.05, 0.1) is 12.1 Å². The molecule has 8 heteroatoms. The van der Waals surface area contributed by atoms with Crippen LogP contribution in [-0.4, -0.2) is 57.9 Å². The molecule has 2 amide bonds. The minimum absolute atomic E-state index is 0.239. The fraction of sp³-hybridized carbons (Fsp3) is 0.500. The molecule has 0 aromatic heterocycles. The Labute approximate surface area is 214 Å². The van der Waals surface area contributed by atoms with Crippen molar-refractivity contribution in [2.24, 2.45) is 0 Å². The first kappa shape index (κ1) is 29.1. The molecule has 4 N–H and O–H groups in total. The van der Waals surface area contributed by atoms with Crippen LogP contribution < -0.4 is 10.6 Å². The highest BCUT2D eigenvalue weighted by Crippen LogP contribution is 2.17. The number of hydrogen-bond acceptors (Lipinski definition) is 6. The number of carbonyl (C=O) groups is 2. The third kappa shape index (κ3) is 10.7. The SMILES string of the molecule is CC(C)(C)OC(=O)NC(Cc1ccccc1)C(O)C(O)C(Cc1ccccc1)NC(=O)OC(C)(C)C. The third-order valence-electron chi connectivity index (χ3n) is 5.18. The van der Waals surface area contributed by atoms with E-state index in [2.05, 4.69) is 10.6 Å². The number of carbonyl (C=O) groups excluding carboxylic acids is 2. The summed E-state index contributed by atoms with van der Waals surface area (Å²) in [5.41, 5.74) is 0.229. The van der Waals surface area contributed by atoms with Crippen LogP contribution in [0.4, 0.5) is 9.59 Å². The van der Waals surface area contributed by atoms with Crippen molar-refractivity contribution in [3.05, 3.63) is 71.8 Å². The van der Waals surface area contributed by atoms with Crippen molar-refractivity contribution >= 4 is 12.2 Å². The molecule has 0 bridgehead atoms. The average Bonchev–Trinajstić information content (AvgIpc) is 2.76. The minimum atomic E-state index is -1.43. The molecule has 8 nitrogen and oxygen atoms in total. The Morgan fingerprint density at radius 1 is 0.667 bits per heavy atom. The van der Waals surface area contributed by atoms with Gasteiger partial charge < -0.3 is 30.3 Å². The maximum absolute atomic E-state index is 12.6. The Morgan fingerprint density at radius 3 is 1.25 bits per heavy atom. The van der Waals surface area contributed by atoms with Gasteiger partial charge in [-0.1, -0.05) is 60.7 Å². The molecule has 2 aromatic carbocycles. The molecule has 0 spiro atoms. The first-order valence-electron chi connectivity index (χ1n) is 12.2. The van der Waals surface area contributed by atoms with Gasteiger partial charge in [-0.05, 0) is 65.5 Å². The summed E-state index contributed by atoms with van der Waals surface area (Å²) in [6, 6.07) is 16.8. The fourth-order valence-electron chi connectivity index (χ4n) is 3.64. The minimum Gasteiger partial charge on any atom is -0.444 e. The van der Waals surface area contributed by atoms with Crippen molar-refractivity contribution < 1.29 is 29.3 Å². The van der Waals surface area contributed by atoms with Crippen LogP contribution in [0, 0.1) is 0 Å². The summed E-state index contributed by atoms with van der Waals surface area (Å²) >= 11 is 0. The summed E-state index contributed by atoms with van der Waals surface area (Å²) in [6.07, 6.45) is -3.81. The Bertz CT molecular complexity index is 874. The van der Waals surface area contributed by atoms with Gasteiger partial charge in [0.25, 0.3) is 0 Å². The second-order valence-electron chi connectivity index (χ2n) is 10.9. The summed E-state index contributed by atoms with van der Waals surface area (Å²) in [6.45, 7) is 10.4. The van der Waals surface area contributed by atoms with Gasteiger partial charge in [0.15, 0.2) is 0 Å². The molecule has 2 aromatic rings. The number of nitrogens with one attached hydrogen (secondary N) is 2. The van der Waals surface area contributed by atoms with E-state index in [9.17, 15) is 19.8 Å². The van der Waals surface area contributed by atoms with E-state index in [0.29, 0.717) is 0 Å². The topological polar surface area (TPSA) is 117 Å². The van der Waals surface area contributed by atoms with E-state index in [1.54, 1.807) is 41.5 Å². The largest absolute Gasteiger partial charge is 0.444 e. The summed E-state index contributed by atoms with van der Waals surface area (Å²) in [7, 11) is 0. The van der Waals surface area contributed by atoms with Crippen LogP contribution in [0.5, 0.6) is 0 Å². The van der Waals surface area contributed by atoms with E-state index in [1.165, 1.54) is 0 Å². The molecule has 4 atom stereocenters. The Morgan fingerprint density at radius 2 is 0.972 bits per heavy atom. The summed E-state index contributed by atoms with van der Waals surface area (Å²) < 4.78 is 10.8. The highest BCUT2D eigenvalue weighted by atomic mass is 16.6. The highest BCUT2D eigenvalue weighted by molar-refractivity contribution is 5.69. The standard InChI is InChI=1S/C28H40N2O6/c1-27(2,3)35-25(33)29-21(17-19-13-9-7-10-14-19)23(31)24(32)22(18-20-15-11-8-12-16-20)30-26(34)36-28(4,5)6/h7-16,21-24,31-32H,17-18H2,1-6H3,(H,29,33)(H,30,34). The number of aliphatic hydroxyl groups is 2. The van der Waals surface area contributed by atoms with Gasteiger partial charge >= 0.3 is 12.2 Å². The van der Waals surface area contributed by atoms with Crippen molar-refractivity contribution in [2.45, 2.75) is 89.9 Å². The van der Waals surface area contributed by atoms with Gasteiger partial charge in [0, 0.05) is 0 Å². The van der Waals surface area contributed by atoms with E-state index in [-0.39, 0.29) is 12.8 Å². The van der Waals surface area contributed by atoms with Gasteiger partial charge in [0.1, 0.15) is 23.4 Å². The van der Waals surface area contributed by atoms with Crippen LogP contribution in [-0.2, 0) is 22.3 Å². The lowest BCUT2D eigenvalue weighted by atomic mass is 9.91. The second kappa shape index (κ2) is 12.7. The van der Waals surface area contributed by atoms with Crippen molar-refractivity contribution in [2.75, 3.05) is 0 Å². The van der Waals surface area contributed by atoms with Crippen molar-refractivity contribution in [1.82, 2.24) is 10.6 Å². The molecule has 0 aliphatic carbocycles. The van der Waals surface area contributed by atoms with E-state index < -0.39 is 47.7 Å². The quantitative estimate of drug-likeness (QED) is 0.414. The number of ether oxygens (including phenoxy) is 2. The monoisotopic (exact) mass is 500 g/mol. The zero-order valence-corrected chi connectivity index (χ0v) is 22.0. The lowest BCUT2D eigenvalue weighted by molar-refractivity contribution is -0.0293. The third-order valence-corrected chi connectivity index (χ3v) is 5.18. The van der Waals surface area contributed by atoms with Gasteiger partial charge in [-0.3, -0.25) is 0 Å². The Balaban J connectivity index is 2.29. The van der Waals surface area contributed by atoms with Crippen LogP contribution >= 0.6 is 0 Å². The van der Waals surface area contributed by atoms with Crippen LogP contribution in [0.3, 0.4) is 0 Å². The number of aliphatic hydroxyl groups excluding tert-OH is 2. The van der Waals surface area contributed by atoms with Gasteiger partial charge in [-0.25, -0.2) is 9.59 Å². The first-order valence-corrected chi connectivity index (χ1v) is 12.2. The van der Waals surface area contributed by atoms with E-state index in [0.717, 1.165) is 11.1 Å². The zero-order chi connectivity index (χ0) is 26.9. The molecule has 0 aliphatic heterocycles. The smallest absolute Gasteiger partial charge is 0.407 e. The maximum Gasteiger partial charge on any atom is 0.407 e. The average molecular weight is 501 g/mol. The first-order chi connectivity index (χ1) is 16.7. The van der Waals surface area contributed by atoms with Crippen LogP contribution in [0.15, 0.2) is 60.7 Å². The molecule has 198 valence electrons. The van der Waals surface area contributed by atoms with Crippen LogP contribution in [0.1, 0.15) is 52.7 Å². The van der Waals surface area contributed by atoms with Crippen LogP contribution in [0.25, 0.3) is 0 Å². The highest BCUT2D eigenvalue weighted by Gasteiger charge is 2.36. The second-order valence-corrected chi connectivity index (χ2v) is 10.9. The fourth-order valence-corrected chi connectivity index (χ4v) is 3.64. The van der Waals surface area contributed by atoms with Gasteiger partial charge in [0.2, 0.25) is 0 Å². The Kier molecular flexibility index (Phi) is 10.3. The molecule has 4 unspecified atom stereocenters. The lowest BCUT2D eigenvalue weighted by Crippen LogP contribution is -2.58.